The Morgan fingerprint density at radius 1 is 1.11 bits per heavy atom. The molecule has 2 amide bonds. The zero-order valence-corrected chi connectivity index (χ0v) is 23.2. The molecule has 9 heteroatoms. The third-order valence-corrected chi connectivity index (χ3v) is 8.43. The number of hydrogen-bond donors (Lipinski definition) is 2. The summed E-state index contributed by atoms with van der Waals surface area (Å²) in [6.45, 7) is 4.27. The molecule has 0 bridgehead atoms. The van der Waals surface area contributed by atoms with Crippen LogP contribution in [0.15, 0.2) is 53.4 Å². The highest BCUT2D eigenvalue weighted by molar-refractivity contribution is 8.00. The lowest BCUT2D eigenvalue weighted by atomic mass is 9.88. The topological polar surface area (TPSA) is 84.5 Å². The Hall–Kier alpha value is -2.81. The van der Waals surface area contributed by atoms with E-state index in [-0.39, 0.29) is 36.6 Å². The van der Waals surface area contributed by atoms with E-state index in [1.807, 2.05) is 36.4 Å². The number of fused-ring (bicyclic) bond motifs is 1. The zero-order valence-electron chi connectivity index (χ0n) is 20.8. The molecule has 1 heterocycles. The van der Waals surface area contributed by atoms with Crippen molar-refractivity contribution in [2.24, 2.45) is 5.92 Å². The fourth-order valence-electron chi connectivity index (χ4n) is 4.23. The van der Waals surface area contributed by atoms with Gasteiger partial charge in [-0.1, -0.05) is 36.7 Å². The summed E-state index contributed by atoms with van der Waals surface area (Å²) in [5, 5.41) is 7.05. The summed E-state index contributed by atoms with van der Waals surface area (Å²) in [6, 6.07) is 14.5. The molecule has 0 aliphatic heterocycles. The first-order valence-corrected chi connectivity index (χ1v) is 14.4. The van der Waals surface area contributed by atoms with E-state index in [4.69, 9.17) is 16.3 Å². The second kappa shape index (κ2) is 12.6. The molecule has 0 radical (unpaired) electrons. The minimum Gasteiger partial charge on any atom is -0.462 e. The Balaban J connectivity index is 1.36. The van der Waals surface area contributed by atoms with Crippen LogP contribution >= 0.6 is 34.7 Å². The lowest BCUT2D eigenvalue weighted by molar-refractivity contribution is -0.115. The van der Waals surface area contributed by atoms with Crippen LogP contribution in [-0.4, -0.2) is 30.1 Å². The van der Waals surface area contributed by atoms with Crippen LogP contribution in [0.5, 0.6) is 0 Å². The Morgan fingerprint density at radius 3 is 2.65 bits per heavy atom. The lowest BCUT2D eigenvalue weighted by Crippen LogP contribution is -2.17. The molecule has 0 fully saturated rings. The lowest BCUT2D eigenvalue weighted by Gasteiger charge is -2.18. The maximum atomic E-state index is 12.8. The summed E-state index contributed by atoms with van der Waals surface area (Å²) < 4.78 is 5.29. The highest BCUT2D eigenvalue weighted by atomic mass is 35.5. The molecule has 1 atom stereocenters. The number of rotatable bonds is 9. The van der Waals surface area contributed by atoms with Crippen molar-refractivity contribution >= 4 is 63.2 Å². The molecule has 0 saturated heterocycles. The number of ether oxygens (including phenoxy) is 1. The molecule has 2 N–H and O–H groups in total. The molecular formula is C28H29ClN2O4S2. The largest absolute Gasteiger partial charge is 0.462 e. The molecule has 194 valence electrons. The number of hydrogen-bond acceptors (Lipinski definition) is 6. The number of thiophene rings is 1. The van der Waals surface area contributed by atoms with Gasteiger partial charge in [-0.05, 0) is 73.6 Å². The predicted octanol–water partition coefficient (Wildman–Crippen LogP) is 6.62. The van der Waals surface area contributed by atoms with Crippen molar-refractivity contribution in [3.8, 4) is 0 Å². The number of carbonyl (C=O) groups is 3. The maximum absolute atomic E-state index is 12.8. The Morgan fingerprint density at radius 2 is 1.89 bits per heavy atom. The van der Waals surface area contributed by atoms with Crippen LogP contribution in [0.1, 0.15) is 46.6 Å². The molecule has 1 aromatic heterocycles. The van der Waals surface area contributed by atoms with E-state index < -0.39 is 0 Å². The summed E-state index contributed by atoms with van der Waals surface area (Å²) in [5.74, 6) is 0.0199. The molecule has 0 spiro atoms. The second-order valence-electron chi connectivity index (χ2n) is 8.99. The van der Waals surface area contributed by atoms with E-state index in [1.54, 1.807) is 19.1 Å². The number of thioether (sulfide) groups is 1. The minimum atomic E-state index is -0.375. The van der Waals surface area contributed by atoms with Crippen molar-refractivity contribution in [3.63, 3.8) is 0 Å². The van der Waals surface area contributed by atoms with Crippen molar-refractivity contribution in [2.45, 2.75) is 44.4 Å². The number of carbonyl (C=O) groups excluding carboxylic acids is 3. The van der Waals surface area contributed by atoms with Crippen molar-refractivity contribution in [1.82, 2.24) is 0 Å². The quantitative estimate of drug-likeness (QED) is 0.229. The van der Waals surface area contributed by atoms with Gasteiger partial charge >= 0.3 is 5.97 Å². The molecule has 1 unspecified atom stereocenters. The minimum absolute atomic E-state index is 0.135. The van der Waals surface area contributed by atoms with Crippen molar-refractivity contribution in [3.05, 3.63) is 75.1 Å². The molecule has 2 aromatic carbocycles. The van der Waals surface area contributed by atoms with Gasteiger partial charge in [-0.2, -0.15) is 0 Å². The van der Waals surface area contributed by atoms with Gasteiger partial charge in [0.15, 0.2) is 0 Å². The highest BCUT2D eigenvalue weighted by Crippen LogP contribution is 2.40. The summed E-state index contributed by atoms with van der Waals surface area (Å²) in [5.41, 5.74) is 3.06. The first-order chi connectivity index (χ1) is 17.8. The van der Waals surface area contributed by atoms with Crippen LogP contribution in [-0.2, 0) is 33.6 Å². The number of benzene rings is 2. The number of amides is 2. The zero-order chi connectivity index (χ0) is 26.4. The van der Waals surface area contributed by atoms with Crippen LogP contribution in [0.4, 0.5) is 10.7 Å². The predicted molar refractivity (Wildman–Crippen MR) is 151 cm³/mol. The van der Waals surface area contributed by atoms with Gasteiger partial charge in [0, 0.05) is 20.5 Å². The van der Waals surface area contributed by atoms with Crippen LogP contribution in [0, 0.1) is 5.92 Å². The highest BCUT2D eigenvalue weighted by Gasteiger charge is 2.29. The second-order valence-corrected chi connectivity index (χ2v) is 11.6. The summed E-state index contributed by atoms with van der Waals surface area (Å²) in [7, 11) is 0. The molecule has 37 heavy (non-hydrogen) atoms. The smallest absolute Gasteiger partial charge is 0.341 e. The molecule has 3 aromatic rings. The van der Waals surface area contributed by atoms with E-state index >= 15 is 0 Å². The molecule has 1 aliphatic rings. The van der Waals surface area contributed by atoms with Crippen LogP contribution < -0.4 is 10.6 Å². The van der Waals surface area contributed by atoms with Crippen LogP contribution in [0.25, 0.3) is 0 Å². The molecule has 1 aliphatic carbocycles. The van der Waals surface area contributed by atoms with Gasteiger partial charge in [-0.25, -0.2) is 4.79 Å². The van der Waals surface area contributed by atoms with Crippen molar-refractivity contribution in [1.29, 1.82) is 0 Å². The van der Waals surface area contributed by atoms with E-state index in [0.717, 1.165) is 40.2 Å². The van der Waals surface area contributed by atoms with E-state index in [9.17, 15) is 14.4 Å². The van der Waals surface area contributed by atoms with Gasteiger partial charge in [0.2, 0.25) is 11.8 Å². The molecule has 6 nitrogen and oxygen atoms in total. The van der Waals surface area contributed by atoms with Crippen LogP contribution in [0.2, 0.25) is 5.02 Å². The van der Waals surface area contributed by atoms with Gasteiger partial charge in [-0.15, -0.1) is 23.1 Å². The summed E-state index contributed by atoms with van der Waals surface area (Å²) in [4.78, 5) is 40.0. The molecule has 0 saturated carbocycles. The number of nitrogens with one attached hydrogen (secondary N) is 2. The number of anilines is 2. The third kappa shape index (κ3) is 7.37. The Kier molecular flexibility index (Phi) is 9.29. The Labute approximate surface area is 230 Å². The van der Waals surface area contributed by atoms with Crippen molar-refractivity contribution < 1.29 is 19.1 Å². The van der Waals surface area contributed by atoms with Crippen LogP contribution in [0.3, 0.4) is 0 Å². The van der Waals surface area contributed by atoms with E-state index in [1.165, 1.54) is 23.1 Å². The first-order valence-electron chi connectivity index (χ1n) is 12.2. The van der Waals surface area contributed by atoms with Gasteiger partial charge in [0.25, 0.3) is 0 Å². The monoisotopic (exact) mass is 556 g/mol. The third-order valence-electron chi connectivity index (χ3n) is 6.01. The Bertz CT molecular complexity index is 1290. The number of esters is 1. The van der Waals surface area contributed by atoms with Gasteiger partial charge in [-0.3, -0.25) is 9.59 Å². The van der Waals surface area contributed by atoms with E-state index in [0.29, 0.717) is 27.2 Å². The van der Waals surface area contributed by atoms with Gasteiger partial charge in [0.05, 0.1) is 24.3 Å². The van der Waals surface area contributed by atoms with Crippen molar-refractivity contribution in [2.75, 3.05) is 23.0 Å². The molecule has 4 rings (SSSR count). The number of halogens is 1. The molecular weight excluding hydrogens is 528 g/mol. The SMILES string of the molecule is CCOC(=O)c1c(NC(=O)CSc2cccc(NC(=O)Cc3ccc(Cl)cc3)c2)sc2c1CCC(C)C2. The van der Waals surface area contributed by atoms with E-state index in [2.05, 4.69) is 17.6 Å². The van der Waals surface area contributed by atoms with Gasteiger partial charge < -0.3 is 15.4 Å². The average Bonchev–Trinajstić information content (AvgIpc) is 3.21. The fourth-order valence-corrected chi connectivity index (χ4v) is 6.52. The maximum Gasteiger partial charge on any atom is 0.341 e. The standard InChI is InChI=1S/C28H29ClN2O4S2/c1-3-35-28(34)26-22-12-7-17(2)13-23(22)37-27(26)31-25(33)16-36-21-6-4-5-20(15-21)30-24(32)14-18-8-10-19(29)11-9-18/h4-6,8-11,15,17H,3,7,12-14,16H2,1-2H3,(H,30,32)(H,31,33). The summed E-state index contributed by atoms with van der Waals surface area (Å²) in [6.07, 6.45) is 2.99. The summed E-state index contributed by atoms with van der Waals surface area (Å²) >= 11 is 8.75. The average molecular weight is 557 g/mol. The fraction of sp³-hybridized carbons (Fsp3) is 0.321. The van der Waals surface area contributed by atoms with Gasteiger partial charge in [0.1, 0.15) is 5.00 Å². The first kappa shape index (κ1) is 27.2. The normalized spacial score (nSPS) is 14.5.